The van der Waals surface area contributed by atoms with Gasteiger partial charge in [-0.3, -0.25) is 4.79 Å². The monoisotopic (exact) mass is 263 g/mol. The molecular formula is C16H25NO2. The second kappa shape index (κ2) is 7.95. The molecule has 0 aliphatic carbocycles. The van der Waals surface area contributed by atoms with Crippen molar-refractivity contribution in [3.8, 4) is 0 Å². The molecule has 0 radical (unpaired) electrons. The van der Waals surface area contributed by atoms with E-state index in [-0.39, 0.29) is 18.0 Å². The van der Waals surface area contributed by atoms with Crippen LogP contribution in [0.1, 0.15) is 45.3 Å². The van der Waals surface area contributed by atoms with Crippen molar-refractivity contribution in [3.05, 3.63) is 35.9 Å². The van der Waals surface area contributed by atoms with Crippen LogP contribution in [0.15, 0.2) is 30.3 Å². The highest BCUT2D eigenvalue weighted by Crippen LogP contribution is 2.20. The van der Waals surface area contributed by atoms with E-state index in [2.05, 4.69) is 13.8 Å². The van der Waals surface area contributed by atoms with Crippen molar-refractivity contribution in [3.63, 3.8) is 0 Å². The third-order valence-electron chi connectivity index (χ3n) is 3.17. The van der Waals surface area contributed by atoms with E-state index in [0.29, 0.717) is 18.9 Å². The number of hydrogen-bond acceptors (Lipinski definition) is 3. The standard InChI is InChI=1S/C16H25NO2/c1-12(2)9-14(11-17)10-16(18)19-13(3)15-7-5-4-6-8-15/h4-8,12-14H,9-11,17H2,1-3H3/t13-,14-/m0/s1. The van der Waals surface area contributed by atoms with Crippen LogP contribution in [0.3, 0.4) is 0 Å². The molecule has 0 spiro atoms. The van der Waals surface area contributed by atoms with Crippen LogP contribution in [0, 0.1) is 11.8 Å². The van der Waals surface area contributed by atoms with Crippen LogP contribution in [-0.2, 0) is 9.53 Å². The Morgan fingerprint density at radius 3 is 2.37 bits per heavy atom. The summed E-state index contributed by atoms with van der Waals surface area (Å²) in [5.74, 6) is 0.607. The smallest absolute Gasteiger partial charge is 0.306 e. The first-order valence-corrected chi connectivity index (χ1v) is 6.97. The minimum absolute atomic E-state index is 0.160. The number of benzene rings is 1. The number of carbonyl (C=O) groups excluding carboxylic acids is 1. The Hall–Kier alpha value is -1.35. The summed E-state index contributed by atoms with van der Waals surface area (Å²) < 4.78 is 5.46. The van der Waals surface area contributed by atoms with Gasteiger partial charge in [0.05, 0.1) is 0 Å². The zero-order valence-corrected chi connectivity index (χ0v) is 12.1. The van der Waals surface area contributed by atoms with Crippen LogP contribution in [0.2, 0.25) is 0 Å². The molecule has 0 saturated heterocycles. The topological polar surface area (TPSA) is 52.3 Å². The predicted octanol–water partition coefficient (Wildman–Crippen LogP) is 3.30. The minimum Gasteiger partial charge on any atom is -0.458 e. The molecule has 1 aromatic carbocycles. The lowest BCUT2D eigenvalue weighted by atomic mass is 9.94. The number of nitrogens with two attached hydrogens (primary N) is 1. The maximum absolute atomic E-state index is 11.9. The van der Waals surface area contributed by atoms with Crippen molar-refractivity contribution < 1.29 is 9.53 Å². The average molecular weight is 263 g/mol. The Morgan fingerprint density at radius 1 is 1.21 bits per heavy atom. The summed E-state index contributed by atoms with van der Waals surface area (Å²) in [7, 11) is 0. The molecule has 0 bridgehead atoms. The Balaban J connectivity index is 2.46. The van der Waals surface area contributed by atoms with E-state index in [1.165, 1.54) is 0 Å². The van der Waals surface area contributed by atoms with Gasteiger partial charge in [-0.2, -0.15) is 0 Å². The van der Waals surface area contributed by atoms with Crippen LogP contribution in [0.25, 0.3) is 0 Å². The van der Waals surface area contributed by atoms with Gasteiger partial charge >= 0.3 is 5.97 Å². The molecule has 0 aliphatic heterocycles. The third-order valence-corrected chi connectivity index (χ3v) is 3.17. The Labute approximate surface area is 116 Å². The lowest BCUT2D eigenvalue weighted by Gasteiger charge is -2.18. The quantitative estimate of drug-likeness (QED) is 0.768. The maximum atomic E-state index is 11.9. The molecular weight excluding hydrogens is 238 g/mol. The SMILES string of the molecule is CC(C)C[C@H](CN)CC(=O)O[C@@H](C)c1ccccc1. The second-order valence-electron chi connectivity index (χ2n) is 5.48. The summed E-state index contributed by atoms with van der Waals surface area (Å²) >= 11 is 0. The van der Waals surface area contributed by atoms with Crippen molar-refractivity contribution in [1.82, 2.24) is 0 Å². The molecule has 0 fully saturated rings. The van der Waals surface area contributed by atoms with Gasteiger partial charge in [0.1, 0.15) is 6.10 Å². The number of ether oxygens (including phenoxy) is 1. The van der Waals surface area contributed by atoms with Gasteiger partial charge in [0.15, 0.2) is 0 Å². The molecule has 3 nitrogen and oxygen atoms in total. The number of rotatable bonds is 7. The first-order chi connectivity index (χ1) is 9.02. The highest BCUT2D eigenvalue weighted by Gasteiger charge is 2.17. The van der Waals surface area contributed by atoms with Crippen molar-refractivity contribution >= 4 is 5.97 Å². The van der Waals surface area contributed by atoms with Crippen LogP contribution < -0.4 is 5.73 Å². The van der Waals surface area contributed by atoms with Gasteiger partial charge < -0.3 is 10.5 Å². The molecule has 3 heteroatoms. The fourth-order valence-corrected chi connectivity index (χ4v) is 2.20. The molecule has 2 N–H and O–H groups in total. The molecule has 0 aliphatic rings. The van der Waals surface area contributed by atoms with Crippen LogP contribution in [-0.4, -0.2) is 12.5 Å². The molecule has 19 heavy (non-hydrogen) atoms. The van der Waals surface area contributed by atoms with Gasteiger partial charge in [0.25, 0.3) is 0 Å². The van der Waals surface area contributed by atoms with E-state index in [0.717, 1.165) is 12.0 Å². The van der Waals surface area contributed by atoms with Crippen molar-refractivity contribution in [1.29, 1.82) is 0 Å². The second-order valence-corrected chi connectivity index (χ2v) is 5.48. The molecule has 1 rings (SSSR count). The third kappa shape index (κ3) is 5.88. The van der Waals surface area contributed by atoms with E-state index >= 15 is 0 Å². The van der Waals surface area contributed by atoms with Crippen LogP contribution in [0.4, 0.5) is 0 Å². The fraction of sp³-hybridized carbons (Fsp3) is 0.562. The van der Waals surface area contributed by atoms with Gasteiger partial charge in [-0.15, -0.1) is 0 Å². The number of esters is 1. The highest BCUT2D eigenvalue weighted by molar-refractivity contribution is 5.70. The summed E-state index contributed by atoms with van der Waals surface area (Å²) in [5.41, 5.74) is 6.72. The molecule has 0 heterocycles. The fourth-order valence-electron chi connectivity index (χ4n) is 2.20. The summed E-state index contributed by atoms with van der Waals surface area (Å²) in [6.45, 7) is 6.71. The Morgan fingerprint density at radius 2 is 1.84 bits per heavy atom. The minimum atomic E-state index is -0.203. The predicted molar refractivity (Wildman–Crippen MR) is 77.6 cm³/mol. The van der Waals surface area contributed by atoms with Gasteiger partial charge in [-0.1, -0.05) is 44.2 Å². The molecule has 0 saturated carbocycles. The summed E-state index contributed by atoms with van der Waals surface area (Å²) in [5, 5.41) is 0. The lowest BCUT2D eigenvalue weighted by molar-refractivity contribution is -0.149. The van der Waals surface area contributed by atoms with E-state index in [9.17, 15) is 4.79 Å². The molecule has 0 amide bonds. The van der Waals surface area contributed by atoms with Crippen LogP contribution in [0.5, 0.6) is 0 Å². The van der Waals surface area contributed by atoms with Gasteiger partial charge in [-0.25, -0.2) is 0 Å². The highest BCUT2D eigenvalue weighted by atomic mass is 16.5. The molecule has 106 valence electrons. The summed E-state index contributed by atoms with van der Waals surface area (Å²) in [6.07, 6.45) is 1.17. The molecule has 1 aromatic rings. The summed E-state index contributed by atoms with van der Waals surface area (Å²) in [4.78, 5) is 11.9. The first kappa shape index (κ1) is 15.7. The van der Waals surface area contributed by atoms with E-state index in [4.69, 9.17) is 10.5 Å². The largest absolute Gasteiger partial charge is 0.458 e. The molecule has 0 aromatic heterocycles. The van der Waals surface area contributed by atoms with Gasteiger partial charge in [-0.05, 0) is 37.3 Å². The normalized spacial score (nSPS) is 14.2. The Bertz CT molecular complexity index is 376. The lowest BCUT2D eigenvalue weighted by Crippen LogP contribution is -2.21. The van der Waals surface area contributed by atoms with E-state index < -0.39 is 0 Å². The molecule has 0 unspecified atom stereocenters. The van der Waals surface area contributed by atoms with E-state index in [1.807, 2.05) is 37.3 Å². The number of carbonyl (C=O) groups is 1. The zero-order valence-electron chi connectivity index (χ0n) is 12.1. The first-order valence-electron chi connectivity index (χ1n) is 6.97. The van der Waals surface area contributed by atoms with Gasteiger partial charge in [0.2, 0.25) is 0 Å². The van der Waals surface area contributed by atoms with Crippen molar-refractivity contribution in [2.75, 3.05) is 6.54 Å². The van der Waals surface area contributed by atoms with Crippen molar-refractivity contribution in [2.45, 2.75) is 39.7 Å². The molecule has 2 atom stereocenters. The van der Waals surface area contributed by atoms with Crippen molar-refractivity contribution in [2.24, 2.45) is 17.6 Å². The number of hydrogen-bond donors (Lipinski definition) is 1. The average Bonchev–Trinajstić information content (AvgIpc) is 2.38. The van der Waals surface area contributed by atoms with E-state index in [1.54, 1.807) is 0 Å². The maximum Gasteiger partial charge on any atom is 0.306 e. The van der Waals surface area contributed by atoms with Gasteiger partial charge in [0, 0.05) is 6.42 Å². The summed E-state index contributed by atoms with van der Waals surface area (Å²) in [6, 6.07) is 9.77. The Kier molecular flexibility index (Phi) is 6.57. The zero-order chi connectivity index (χ0) is 14.3. The van der Waals surface area contributed by atoms with Crippen LogP contribution >= 0.6 is 0 Å².